The summed E-state index contributed by atoms with van der Waals surface area (Å²) in [6, 6.07) is 11.4. The third kappa shape index (κ3) is 4.85. The first-order valence-corrected chi connectivity index (χ1v) is 12.7. The van der Waals surface area contributed by atoms with Crippen molar-refractivity contribution >= 4 is 10.9 Å². The summed E-state index contributed by atoms with van der Waals surface area (Å²) in [5, 5.41) is 13.9. The van der Waals surface area contributed by atoms with Crippen LogP contribution in [0.3, 0.4) is 0 Å². The van der Waals surface area contributed by atoms with Gasteiger partial charge in [0.05, 0.1) is 24.5 Å². The van der Waals surface area contributed by atoms with Gasteiger partial charge in [0.15, 0.2) is 5.82 Å². The molecule has 2 atom stereocenters. The van der Waals surface area contributed by atoms with E-state index in [0.717, 1.165) is 48.1 Å². The van der Waals surface area contributed by atoms with Crippen molar-refractivity contribution in [3.63, 3.8) is 0 Å². The van der Waals surface area contributed by atoms with Crippen LogP contribution in [0.5, 0.6) is 0 Å². The Morgan fingerprint density at radius 3 is 2.86 bits per heavy atom. The number of nitrogens with zero attached hydrogens (tertiary/aromatic N) is 5. The van der Waals surface area contributed by atoms with Gasteiger partial charge in [0.25, 0.3) is 5.56 Å². The van der Waals surface area contributed by atoms with Crippen LogP contribution < -0.4 is 5.56 Å². The number of furan rings is 1. The average molecular weight is 491 g/mol. The first kappa shape index (κ1) is 24.4. The molecule has 0 amide bonds. The highest BCUT2D eigenvalue weighted by Crippen LogP contribution is 2.33. The number of H-pyrrole nitrogens is 1. The SMILES string of the molecule is CCC(C)(C)n1nnnc1[C@H](c1cc2ccc(C)cc2[nH]c1=O)N(Cc1ccco1)C[C@@H]1CCCO1. The van der Waals surface area contributed by atoms with Gasteiger partial charge in [0.1, 0.15) is 11.8 Å². The van der Waals surface area contributed by atoms with Gasteiger partial charge in [0.2, 0.25) is 0 Å². The number of fused-ring (bicyclic) bond motifs is 1. The number of aromatic amines is 1. The Kier molecular flexibility index (Phi) is 6.77. The summed E-state index contributed by atoms with van der Waals surface area (Å²) in [6.07, 6.45) is 4.56. The van der Waals surface area contributed by atoms with Crippen molar-refractivity contribution in [3.05, 3.63) is 75.7 Å². The summed E-state index contributed by atoms with van der Waals surface area (Å²) in [4.78, 5) is 19.0. The van der Waals surface area contributed by atoms with E-state index in [9.17, 15) is 4.79 Å². The molecule has 5 rings (SSSR count). The number of hydrogen-bond donors (Lipinski definition) is 1. The van der Waals surface area contributed by atoms with Crippen molar-refractivity contribution in [3.8, 4) is 0 Å². The molecule has 9 heteroatoms. The molecule has 3 aromatic heterocycles. The van der Waals surface area contributed by atoms with Crippen LogP contribution >= 0.6 is 0 Å². The Hall–Kier alpha value is -3.30. The third-order valence-corrected chi connectivity index (χ3v) is 7.27. The number of ether oxygens (including phenoxy) is 1. The van der Waals surface area contributed by atoms with E-state index in [0.29, 0.717) is 24.5 Å². The smallest absolute Gasteiger partial charge is 0.253 e. The third-order valence-electron chi connectivity index (χ3n) is 7.27. The number of pyridine rings is 1. The summed E-state index contributed by atoms with van der Waals surface area (Å²) in [5.74, 6) is 1.43. The minimum atomic E-state index is -0.505. The molecule has 4 heterocycles. The molecular weight excluding hydrogens is 456 g/mol. The topological polar surface area (TPSA) is 102 Å². The van der Waals surface area contributed by atoms with Crippen molar-refractivity contribution in [1.29, 1.82) is 0 Å². The van der Waals surface area contributed by atoms with Crippen LogP contribution in [-0.2, 0) is 16.8 Å². The first-order chi connectivity index (χ1) is 17.4. The zero-order valence-corrected chi connectivity index (χ0v) is 21.4. The Morgan fingerprint density at radius 2 is 2.14 bits per heavy atom. The van der Waals surface area contributed by atoms with Crippen molar-refractivity contribution in [1.82, 2.24) is 30.1 Å². The maximum Gasteiger partial charge on any atom is 0.253 e. The Morgan fingerprint density at radius 1 is 1.28 bits per heavy atom. The van der Waals surface area contributed by atoms with Gasteiger partial charge in [-0.25, -0.2) is 4.68 Å². The maximum atomic E-state index is 13.6. The number of nitrogens with one attached hydrogen (secondary N) is 1. The highest BCUT2D eigenvalue weighted by atomic mass is 16.5. The summed E-state index contributed by atoms with van der Waals surface area (Å²) in [6.45, 7) is 10.2. The molecule has 1 saturated heterocycles. The van der Waals surface area contributed by atoms with Crippen LogP contribution in [0.1, 0.15) is 68.8 Å². The Labute approximate surface area is 210 Å². The first-order valence-electron chi connectivity index (χ1n) is 12.7. The summed E-state index contributed by atoms with van der Waals surface area (Å²) < 4.78 is 13.6. The van der Waals surface area contributed by atoms with E-state index in [1.54, 1.807) is 6.26 Å². The molecule has 0 radical (unpaired) electrons. The number of rotatable bonds is 9. The molecule has 1 fully saturated rings. The molecule has 4 aromatic rings. The highest BCUT2D eigenvalue weighted by Gasteiger charge is 2.36. The predicted molar refractivity (Wildman–Crippen MR) is 137 cm³/mol. The molecular formula is C27H34N6O3. The molecule has 0 aliphatic carbocycles. The second-order valence-corrected chi connectivity index (χ2v) is 10.3. The molecule has 36 heavy (non-hydrogen) atoms. The molecule has 9 nitrogen and oxygen atoms in total. The largest absolute Gasteiger partial charge is 0.468 e. The van der Waals surface area contributed by atoms with Gasteiger partial charge >= 0.3 is 0 Å². The Bertz CT molecular complexity index is 1370. The van der Waals surface area contributed by atoms with Gasteiger partial charge in [0, 0.05) is 24.2 Å². The average Bonchev–Trinajstić information content (AvgIpc) is 3.63. The zero-order chi connectivity index (χ0) is 25.3. The molecule has 0 saturated carbocycles. The number of benzene rings is 1. The van der Waals surface area contributed by atoms with E-state index in [1.807, 2.05) is 41.9 Å². The predicted octanol–water partition coefficient (Wildman–Crippen LogP) is 4.33. The maximum absolute atomic E-state index is 13.6. The summed E-state index contributed by atoms with van der Waals surface area (Å²) in [5.41, 5.74) is 2.01. The highest BCUT2D eigenvalue weighted by molar-refractivity contribution is 5.79. The quantitative estimate of drug-likeness (QED) is 0.372. The van der Waals surface area contributed by atoms with Gasteiger partial charge in [-0.3, -0.25) is 9.69 Å². The van der Waals surface area contributed by atoms with Crippen LogP contribution in [0.15, 0.2) is 51.9 Å². The lowest BCUT2D eigenvalue weighted by Crippen LogP contribution is -2.41. The second-order valence-electron chi connectivity index (χ2n) is 10.3. The van der Waals surface area contributed by atoms with Gasteiger partial charge in [-0.1, -0.05) is 19.1 Å². The number of tetrazole rings is 1. The van der Waals surface area contributed by atoms with Crippen LogP contribution in [0.2, 0.25) is 0 Å². The van der Waals surface area contributed by atoms with Gasteiger partial charge in [-0.15, -0.1) is 5.10 Å². The number of hydrogen-bond acceptors (Lipinski definition) is 7. The van der Waals surface area contributed by atoms with Crippen molar-refractivity contribution in [2.75, 3.05) is 13.2 Å². The van der Waals surface area contributed by atoms with Crippen molar-refractivity contribution in [2.24, 2.45) is 0 Å². The van der Waals surface area contributed by atoms with Crippen LogP contribution in [-0.4, -0.2) is 49.3 Å². The van der Waals surface area contributed by atoms with Crippen molar-refractivity contribution < 1.29 is 9.15 Å². The van der Waals surface area contributed by atoms with E-state index in [4.69, 9.17) is 9.15 Å². The number of aromatic nitrogens is 5. The monoisotopic (exact) mass is 490 g/mol. The standard InChI is InChI=1S/C27H34N6O3/c1-5-27(3,4)33-25(29-30-31-33)24(22-15-19-11-10-18(2)14-23(19)28-26(22)34)32(16-20-8-6-12-35-20)17-21-9-7-13-36-21/h6,8,10-12,14-15,21,24H,5,7,9,13,16-17H2,1-4H3,(H,28,34)/t21-,24-/m0/s1. The molecule has 0 bridgehead atoms. The van der Waals surface area contributed by atoms with E-state index < -0.39 is 6.04 Å². The molecule has 190 valence electrons. The summed E-state index contributed by atoms with van der Waals surface area (Å²) >= 11 is 0. The fourth-order valence-corrected chi connectivity index (χ4v) is 4.89. The minimum Gasteiger partial charge on any atom is -0.468 e. The van der Waals surface area contributed by atoms with E-state index in [-0.39, 0.29) is 17.2 Å². The number of aryl methyl sites for hydroxylation is 1. The van der Waals surface area contributed by atoms with Crippen LogP contribution in [0.4, 0.5) is 0 Å². The Balaban J connectivity index is 1.69. The fraction of sp³-hybridized carbons (Fsp3) is 0.481. The lowest BCUT2D eigenvalue weighted by molar-refractivity contribution is 0.0534. The molecule has 1 aromatic carbocycles. The lowest BCUT2D eigenvalue weighted by Gasteiger charge is -2.34. The van der Waals surface area contributed by atoms with Crippen LogP contribution in [0, 0.1) is 6.92 Å². The van der Waals surface area contributed by atoms with Gasteiger partial charge in [-0.05, 0) is 85.7 Å². The molecule has 0 unspecified atom stereocenters. The second kappa shape index (κ2) is 9.99. The van der Waals surface area contributed by atoms with Gasteiger partial charge in [-0.2, -0.15) is 0 Å². The van der Waals surface area contributed by atoms with E-state index in [2.05, 4.69) is 52.2 Å². The fourth-order valence-electron chi connectivity index (χ4n) is 4.89. The molecule has 1 N–H and O–H groups in total. The van der Waals surface area contributed by atoms with Crippen LogP contribution in [0.25, 0.3) is 10.9 Å². The zero-order valence-electron chi connectivity index (χ0n) is 21.4. The minimum absolute atomic E-state index is 0.0631. The lowest BCUT2D eigenvalue weighted by atomic mass is 9.98. The summed E-state index contributed by atoms with van der Waals surface area (Å²) in [7, 11) is 0. The molecule has 0 spiro atoms. The van der Waals surface area contributed by atoms with E-state index in [1.165, 1.54) is 0 Å². The van der Waals surface area contributed by atoms with Crippen molar-refractivity contribution in [2.45, 2.75) is 71.2 Å². The van der Waals surface area contributed by atoms with E-state index >= 15 is 0 Å². The van der Waals surface area contributed by atoms with Gasteiger partial charge < -0.3 is 14.1 Å². The molecule has 1 aliphatic heterocycles. The normalized spacial score (nSPS) is 17.3. The molecule has 1 aliphatic rings.